The van der Waals surface area contributed by atoms with Gasteiger partial charge in [-0.1, -0.05) is 5.16 Å². The third-order valence-corrected chi connectivity index (χ3v) is 3.04. The van der Waals surface area contributed by atoms with Gasteiger partial charge in [-0.05, 0) is 31.4 Å². The van der Waals surface area contributed by atoms with Crippen LogP contribution in [0.4, 0.5) is 0 Å². The molecular formula is C11H12N4O. The summed E-state index contributed by atoms with van der Waals surface area (Å²) < 4.78 is 2.04. The van der Waals surface area contributed by atoms with E-state index in [9.17, 15) is 0 Å². The Balaban J connectivity index is 2.33. The molecule has 0 fully saturated rings. The molecule has 2 aromatic heterocycles. The Morgan fingerprint density at radius 1 is 1.50 bits per heavy atom. The second-order valence-corrected chi connectivity index (χ2v) is 3.96. The summed E-state index contributed by atoms with van der Waals surface area (Å²) in [6.07, 6.45) is 5.21. The maximum Gasteiger partial charge on any atom is 0.173 e. The van der Waals surface area contributed by atoms with E-state index in [1.54, 1.807) is 0 Å². The lowest BCUT2D eigenvalue weighted by molar-refractivity contribution is 0.318. The first-order valence-corrected chi connectivity index (χ1v) is 5.28. The van der Waals surface area contributed by atoms with E-state index in [1.165, 1.54) is 5.69 Å². The molecule has 1 aliphatic rings. The van der Waals surface area contributed by atoms with E-state index in [0.29, 0.717) is 5.56 Å². The Kier molecular flexibility index (Phi) is 1.86. The molecule has 2 heterocycles. The van der Waals surface area contributed by atoms with Gasteiger partial charge in [0.1, 0.15) is 5.65 Å². The van der Waals surface area contributed by atoms with Crippen molar-refractivity contribution in [1.82, 2.24) is 9.38 Å². The van der Waals surface area contributed by atoms with Gasteiger partial charge in [0.25, 0.3) is 0 Å². The fraction of sp³-hybridized carbons (Fsp3) is 0.273. The average molecular weight is 216 g/mol. The lowest BCUT2D eigenvalue weighted by atomic mass is 10.2. The summed E-state index contributed by atoms with van der Waals surface area (Å²) >= 11 is 0. The molecule has 3 N–H and O–H groups in total. The van der Waals surface area contributed by atoms with E-state index in [-0.39, 0.29) is 5.84 Å². The third-order valence-electron chi connectivity index (χ3n) is 3.04. The van der Waals surface area contributed by atoms with E-state index in [0.717, 1.165) is 30.6 Å². The molecule has 0 aromatic carbocycles. The molecule has 1 aliphatic carbocycles. The summed E-state index contributed by atoms with van der Waals surface area (Å²) in [5, 5.41) is 11.8. The summed E-state index contributed by atoms with van der Waals surface area (Å²) in [7, 11) is 0. The lowest BCUT2D eigenvalue weighted by Gasteiger charge is -2.02. The molecule has 2 aromatic rings. The summed E-state index contributed by atoms with van der Waals surface area (Å²) in [5.74, 6) is 0.106. The predicted octanol–water partition coefficient (Wildman–Crippen LogP) is 0.917. The predicted molar refractivity (Wildman–Crippen MR) is 59.7 cm³/mol. The van der Waals surface area contributed by atoms with E-state index in [1.807, 2.05) is 22.7 Å². The van der Waals surface area contributed by atoms with Crippen molar-refractivity contribution in [3.05, 3.63) is 35.3 Å². The zero-order chi connectivity index (χ0) is 11.1. The quantitative estimate of drug-likeness (QED) is 0.322. The highest BCUT2D eigenvalue weighted by atomic mass is 16.4. The Hall–Kier alpha value is -2.04. The van der Waals surface area contributed by atoms with Gasteiger partial charge in [0.2, 0.25) is 0 Å². The topological polar surface area (TPSA) is 75.9 Å². The lowest BCUT2D eigenvalue weighted by Crippen LogP contribution is -2.14. The Morgan fingerprint density at radius 2 is 2.38 bits per heavy atom. The Bertz CT molecular complexity index is 585. The molecule has 0 radical (unpaired) electrons. The van der Waals surface area contributed by atoms with Gasteiger partial charge in [0.15, 0.2) is 5.84 Å². The minimum Gasteiger partial charge on any atom is -0.409 e. The Labute approximate surface area is 92.2 Å². The maximum atomic E-state index is 8.72. The van der Waals surface area contributed by atoms with Gasteiger partial charge < -0.3 is 15.3 Å². The summed E-state index contributed by atoms with van der Waals surface area (Å²) in [5.41, 5.74) is 9.48. The van der Waals surface area contributed by atoms with Crippen molar-refractivity contribution in [1.29, 1.82) is 0 Å². The molecular weight excluding hydrogens is 204 g/mol. The van der Waals surface area contributed by atoms with Crippen LogP contribution in [0, 0.1) is 0 Å². The van der Waals surface area contributed by atoms with Gasteiger partial charge in [-0.2, -0.15) is 0 Å². The minimum absolute atomic E-state index is 0.106. The average Bonchev–Trinajstić information content (AvgIpc) is 2.87. The van der Waals surface area contributed by atoms with Crippen molar-refractivity contribution < 1.29 is 5.21 Å². The standard InChI is InChI=1S/C11H12N4O/c12-10(14-16)7-3-2-6-15-9-5-1-4-8(9)13-11(7)15/h2-3,6,16H,1,4-5H2,(H2,12,14). The number of fused-ring (bicyclic) bond motifs is 3. The van der Waals surface area contributed by atoms with E-state index in [2.05, 4.69) is 10.1 Å². The zero-order valence-electron chi connectivity index (χ0n) is 8.72. The fourth-order valence-electron chi connectivity index (χ4n) is 2.31. The first kappa shape index (κ1) is 9.21. The maximum absolute atomic E-state index is 8.72. The van der Waals surface area contributed by atoms with Crippen LogP contribution in [0.1, 0.15) is 23.4 Å². The van der Waals surface area contributed by atoms with Gasteiger partial charge in [-0.25, -0.2) is 4.98 Å². The van der Waals surface area contributed by atoms with Crippen LogP contribution in [0.2, 0.25) is 0 Å². The SMILES string of the molecule is NC(=NO)c1cccn2c3c(nc12)CCC3. The van der Waals surface area contributed by atoms with E-state index >= 15 is 0 Å². The van der Waals surface area contributed by atoms with Crippen molar-refractivity contribution in [3.63, 3.8) is 0 Å². The number of aromatic nitrogens is 2. The number of pyridine rings is 1. The summed E-state index contributed by atoms with van der Waals surface area (Å²) in [6, 6.07) is 3.70. The van der Waals surface area contributed by atoms with Gasteiger partial charge in [0.05, 0.1) is 11.3 Å². The highest BCUT2D eigenvalue weighted by Gasteiger charge is 2.19. The van der Waals surface area contributed by atoms with Crippen molar-refractivity contribution in [2.75, 3.05) is 0 Å². The van der Waals surface area contributed by atoms with E-state index < -0.39 is 0 Å². The number of hydrogen-bond acceptors (Lipinski definition) is 3. The zero-order valence-corrected chi connectivity index (χ0v) is 8.72. The second-order valence-electron chi connectivity index (χ2n) is 3.96. The van der Waals surface area contributed by atoms with Crippen molar-refractivity contribution in [3.8, 4) is 0 Å². The van der Waals surface area contributed by atoms with Crippen LogP contribution in [0.5, 0.6) is 0 Å². The van der Waals surface area contributed by atoms with Crippen molar-refractivity contribution in [2.24, 2.45) is 10.9 Å². The monoisotopic (exact) mass is 216 g/mol. The fourth-order valence-corrected chi connectivity index (χ4v) is 2.31. The van der Waals surface area contributed by atoms with Crippen molar-refractivity contribution in [2.45, 2.75) is 19.3 Å². The molecule has 5 nitrogen and oxygen atoms in total. The number of amidine groups is 1. The molecule has 82 valence electrons. The number of oxime groups is 1. The molecule has 0 bridgehead atoms. The van der Waals surface area contributed by atoms with Crippen LogP contribution in [0.25, 0.3) is 5.65 Å². The normalized spacial score (nSPS) is 15.6. The highest BCUT2D eigenvalue weighted by molar-refractivity contribution is 6.02. The van der Waals surface area contributed by atoms with Crippen LogP contribution in [0.15, 0.2) is 23.5 Å². The van der Waals surface area contributed by atoms with Crippen LogP contribution >= 0.6 is 0 Å². The highest BCUT2D eigenvalue weighted by Crippen LogP contribution is 2.24. The van der Waals surface area contributed by atoms with Gasteiger partial charge in [-0.3, -0.25) is 0 Å². The van der Waals surface area contributed by atoms with Crippen LogP contribution in [-0.4, -0.2) is 20.4 Å². The number of aryl methyl sites for hydroxylation is 2. The number of hydrogen-bond donors (Lipinski definition) is 2. The van der Waals surface area contributed by atoms with Gasteiger partial charge in [0, 0.05) is 11.9 Å². The molecule has 0 unspecified atom stereocenters. The molecule has 16 heavy (non-hydrogen) atoms. The Morgan fingerprint density at radius 3 is 3.19 bits per heavy atom. The second kappa shape index (κ2) is 3.23. The smallest absolute Gasteiger partial charge is 0.173 e. The van der Waals surface area contributed by atoms with Crippen molar-refractivity contribution >= 4 is 11.5 Å². The summed E-state index contributed by atoms with van der Waals surface area (Å²) in [4.78, 5) is 4.55. The summed E-state index contributed by atoms with van der Waals surface area (Å²) in [6.45, 7) is 0. The number of nitrogens with two attached hydrogens (primary N) is 1. The largest absolute Gasteiger partial charge is 0.409 e. The molecule has 0 spiro atoms. The molecule has 3 rings (SSSR count). The molecule has 0 atom stereocenters. The van der Waals surface area contributed by atoms with E-state index in [4.69, 9.17) is 10.9 Å². The first-order valence-electron chi connectivity index (χ1n) is 5.28. The van der Waals surface area contributed by atoms with Gasteiger partial charge >= 0.3 is 0 Å². The third kappa shape index (κ3) is 1.11. The van der Waals surface area contributed by atoms with Crippen LogP contribution in [-0.2, 0) is 12.8 Å². The first-order chi connectivity index (χ1) is 7.81. The molecule has 0 aliphatic heterocycles. The number of imidazole rings is 1. The van der Waals surface area contributed by atoms with Crippen LogP contribution in [0.3, 0.4) is 0 Å². The molecule has 0 amide bonds. The number of nitrogens with zero attached hydrogens (tertiary/aromatic N) is 3. The molecule has 0 saturated carbocycles. The van der Waals surface area contributed by atoms with Gasteiger partial charge in [-0.15, -0.1) is 0 Å². The minimum atomic E-state index is 0.106. The van der Waals surface area contributed by atoms with Crippen LogP contribution < -0.4 is 5.73 Å². The molecule has 5 heteroatoms. The molecule has 0 saturated heterocycles. The number of rotatable bonds is 1.